The van der Waals surface area contributed by atoms with E-state index in [4.69, 9.17) is 11.6 Å². The van der Waals surface area contributed by atoms with Crippen LogP contribution in [0, 0.1) is 0 Å². The molecular weight excluding hydrogens is 276 g/mol. The Hall–Kier alpha value is -2.14. The van der Waals surface area contributed by atoms with E-state index in [1.54, 1.807) is 0 Å². The Kier molecular flexibility index (Phi) is 3.52. The minimum absolute atomic E-state index is 0.0753. The van der Waals surface area contributed by atoms with Crippen molar-refractivity contribution in [2.45, 2.75) is 12.3 Å². The fourth-order valence-corrected chi connectivity index (χ4v) is 2.50. The molecule has 2 heterocycles. The Morgan fingerprint density at radius 1 is 1.35 bits per heavy atom. The average Bonchev–Trinajstić information content (AvgIpc) is 2.46. The van der Waals surface area contributed by atoms with Crippen LogP contribution in [0.2, 0.25) is 5.15 Å². The zero-order valence-corrected chi connectivity index (χ0v) is 11.4. The van der Waals surface area contributed by atoms with Crippen molar-refractivity contribution in [1.82, 2.24) is 9.97 Å². The highest BCUT2D eigenvalue weighted by Gasteiger charge is 2.26. The van der Waals surface area contributed by atoms with Crippen LogP contribution in [0.25, 0.3) is 0 Å². The first kappa shape index (κ1) is 12.9. The SMILES string of the molecule is O=C(Nc1cc(Cl)ncn1)C1CCNc2ccccc21. The van der Waals surface area contributed by atoms with Crippen LogP contribution in [-0.2, 0) is 4.79 Å². The van der Waals surface area contributed by atoms with Gasteiger partial charge in [-0.2, -0.15) is 0 Å². The number of halogens is 1. The molecule has 2 aromatic rings. The molecule has 0 aliphatic carbocycles. The molecule has 0 saturated carbocycles. The van der Waals surface area contributed by atoms with Crippen molar-refractivity contribution in [2.75, 3.05) is 17.2 Å². The highest BCUT2D eigenvalue weighted by atomic mass is 35.5. The summed E-state index contributed by atoms with van der Waals surface area (Å²) in [6.45, 7) is 0.777. The van der Waals surface area contributed by atoms with Gasteiger partial charge in [0.2, 0.25) is 5.91 Å². The summed E-state index contributed by atoms with van der Waals surface area (Å²) in [5.41, 5.74) is 2.02. The highest BCUT2D eigenvalue weighted by molar-refractivity contribution is 6.29. The van der Waals surface area contributed by atoms with Crippen molar-refractivity contribution in [3.63, 3.8) is 0 Å². The molecule has 1 aromatic heterocycles. The minimum atomic E-state index is -0.179. The number of nitrogens with one attached hydrogen (secondary N) is 2. The molecule has 1 aliphatic heterocycles. The lowest BCUT2D eigenvalue weighted by Gasteiger charge is -2.25. The summed E-state index contributed by atoms with van der Waals surface area (Å²) < 4.78 is 0. The van der Waals surface area contributed by atoms with E-state index in [1.807, 2.05) is 24.3 Å². The Morgan fingerprint density at radius 2 is 2.20 bits per heavy atom. The normalized spacial score (nSPS) is 16.9. The first-order chi connectivity index (χ1) is 9.74. The van der Waals surface area contributed by atoms with Gasteiger partial charge in [-0.1, -0.05) is 29.8 Å². The molecule has 1 atom stereocenters. The van der Waals surface area contributed by atoms with Crippen LogP contribution >= 0.6 is 11.6 Å². The lowest BCUT2D eigenvalue weighted by atomic mass is 9.90. The second-order valence-electron chi connectivity index (χ2n) is 4.57. The van der Waals surface area contributed by atoms with Gasteiger partial charge in [-0.25, -0.2) is 9.97 Å². The molecule has 0 saturated heterocycles. The summed E-state index contributed by atoms with van der Waals surface area (Å²) in [6, 6.07) is 9.38. The minimum Gasteiger partial charge on any atom is -0.385 e. The van der Waals surface area contributed by atoms with E-state index in [-0.39, 0.29) is 11.8 Å². The third kappa shape index (κ3) is 2.58. The predicted octanol–water partition coefficient (Wildman–Crippen LogP) is 2.67. The van der Waals surface area contributed by atoms with Crippen molar-refractivity contribution in [3.05, 3.63) is 47.4 Å². The predicted molar refractivity (Wildman–Crippen MR) is 78.0 cm³/mol. The summed E-state index contributed by atoms with van der Waals surface area (Å²) >= 11 is 5.78. The maximum atomic E-state index is 12.4. The van der Waals surface area contributed by atoms with E-state index in [0.29, 0.717) is 11.0 Å². The number of anilines is 2. The van der Waals surface area contributed by atoms with Gasteiger partial charge in [-0.3, -0.25) is 4.79 Å². The molecule has 1 amide bonds. The third-order valence-electron chi connectivity index (χ3n) is 3.29. The monoisotopic (exact) mass is 288 g/mol. The van der Waals surface area contributed by atoms with E-state index in [2.05, 4.69) is 20.6 Å². The molecule has 1 aromatic carbocycles. The number of rotatable bonds is 2. The van der Waals surface area contributed by atoms with E-state index < -0.39 is 0 Å². The van der Waals surface area contributed by atoms with Crippen molar-refractivity contribution in [2.24, 2.45) is 0 Å². The summed E-state index contributed by atoms with van der Waals surface area (Å²) in [5, 5.41) is 6.39. The molecule has 6 heteroatoms. The van der Waals surface area contributed by atoms with Gasteiger partial charge in [-0.15, -0.1) is 0 Å². The smallest absolute Gasteiger partial charge is 0.233 e. The van der Waals surface area contributed by atoms with Crippen LogP contribution in [0.4, 0.5) is 11.5 Å². The fraction of sp³-hybridized carbons (Fsp3) is 0.214. The summed E-state index contributed by atoms with van der Waals surface area (Å²) in [6.07, 6.45) is 2.08. The lowest BCUT2D eigenvalue weighted by molar-refractivity contribution is -0.117. The molecule has 102 valence electrons. The molecule has 0 bridgehead atoms. The third-order valence-corrected chi connectivity index (χ3v) is 3.49. The molecule has 0 radical (unpaired) electrons. The maximum Gasteiger partial charge on any atom is 0.233 e. The van der Waals surface area contributed by atoms with Gasteiger partial charge in [0.1, 0.15) is 17.3 Å². The molecule has 2 N–H and O–H groups in total. The van der Waals surface area contributed by atoms with Crippen molar-refractivity contribution in [1.29, 1.82) is 0 Å². The highest BCUT2D eigenvalue weighted by Crippen LogP contribution is 2.32. The van der Waals surface area contributed by atoms with Crippen LogP contribution in [0.3, 0.4) is 0 Å². The average molecular weight is 289 g/mol. The molecule has 5 nitrogen and oxygen atoms in total. The van der Waals surface area contributed by atoms with E-state index in [1.165, 1.54) is 12.4 Å². The zero-order valence-electron chi connectivity index (χ0n) is 10.6. The Labute approximate surface area is 121 Å². The van der Waals surface area contributed by atoms with Crippen LogP contribution in [0.15, 0.2) is 36.7 Å². The maximum absolute atomic E-state index is 12.4. The summed E-state index contributed by atoms with van der Waals surface area (Å²) in [4.78, 5) is 20.2. The van der Waals surface area contributed by atoms with Crippen LogP contribution in [0.1, 0.15) is 17.9 Å². The van der Waals surface area contributed by atoms with Gasteiger partial charge in [-0.05, 0) is 18.1 Å². The number of fused-ring (bicyclic) bond motifs is 1. The summed E-state index contributed by atoms with van der Waals surface area (Å²) in [5.74, 6) is 0.168. The number of para-hydroxylation sites is 1. The molecule has 1 aliphatic rings. The van der Waals surface area contributed by atoms with Gasteiger partial charge in [0, 0.05) is 18.3 Å². The lowest BCUT2D eigenvalue weighted by Crippen LogP contribution is -2.27. The largest absolute Gasteiger partial charge is 0.385 e. The van der Waals surface area contributed by atoms with Crippen LogP contribution < -0.4 is 10.6 Å². The van der Waals surface area contributed by atoms with Gasteiger partial charge >= 0.3 is 0 Å². The standard InChI is InChI=1S/C14H13ClN4O/c15-12-7-13(18-8-17-12)19-14(20)10-5-6-16-11-4-2-1-3-9(10)11/h1-4,7-8,10,16H,5-6H2,(H,17,18,19,20). The molecule has 3 rings (SSSR count). The number of hydrogen-bond donors (Lipinski definition) is 2. The van der Waals surface area contributed by atoms with Gasteiger partial charge in [0.25, 0.3) is 0 Å². The summed E-state index contributed by atoms with van der Waals surface area (Å²) in [7, 11) is 0. The Bertz CT molecular complexity index is 647. The zero-order chi connectivity index (χ0) is 13.9. The number of carbonyl (C=O) groups excluding carboxylic acids is 1. The Morgan fingerprint density at radius 3 is 3.05 bits per heavy atom. The first-order valence-corrected chi connectivity index (χ1v) is 6.73. The molecule has 0 fully saturated rings. The van der Waals surface area contributed by atoms with Gasteiger partial charge in [0.05, 0.1) is 5.92 Å². The van der Waals surface area contributed by atoms with E-state index >= 15 is 0 Å². The van der Waals surface area contributed by atoms with Gasteiger partial charge in [0.15, 0.2) is 0 Å². The number of carbonyl (C=O) groups is 1. The number of hydrogen-bond acceptors (Lipinski definition) is 4. The van der Waals surface area contributed by atoms with Crippen LogP contribution in [-0.4, -0.2) is 22.4 Å². The molecule has 0 spiro atoms. The van der Waals surface area contributed by atoms with Crippen LogP contribution in [0.5, 0.6) is 0 Å². The molecular formula is C14H13ClN4O. The quantitative estimate of drug-likeness (QED) is 0.834. The second kappa shape index (κ2) is 5.46. The van der Waals surface area contributed by atoms with Crippen molar-refractivity contribution < 1.29 is 4.79 Å². The Balaban J connectivity index is 1.82. The number of benzene rings is 1. The second-order valence-corrected chi connectivity index (χ2v) is 4.96. The van der Waals surface area contributed by atoms with Crippen molar-refractivity contribution in [3.8, 4) is 0 Å². The number of aromatic nitrogens is 2. The first-order valence-electron chi connectivity index (χ1n) is 6.35. The van der Waals surface area contributed by atoms with Gasteiger partial charge < -0.3 is 10.6 Å². The fourth-order valence-electron chi connectivity index (χ4n) is 2.36. The van der Waals surface area contributed by atoms with E-state index in [0.717, 1.165) is 24.2 Å². The van der Waals surface area contributed by atoms with Crippen molar-refractivity contribution >= 4 is 29.0 Å². The number of nitrogens with zero attached hydrogens (tertiary/aromatic N) is 2. The topological polar surface area (TPSA) is 66.9 Å². The van der Waals surface area contributed by atoms with E-state index in [9.17, 15) is 4.79 Å². The number of amides is 1. The molecule has 1 unspecified atom stereocenters. The molecule has 20 heavy (non-hydrogen) atoms.